The molecule has 1 aromatic heterocycles. The maximum Gasteiger partial charge on any atom is 0.249 e. The lowest BCUT2D eigenvalue weighted by molar-refractivity contribution is -0.136. The van der Waals surface area contributed by atoms with E-state index in [0.717, 1.165) is 43.7 Å². The number of hydrogen-bond acceptors (Lipinski definition) is 4. The van der Waals surface area contributed by atoms with E-state index in [1.54, 1.807) is 0 Å². The first-order chi connectivity index (χ1) is 13.2. The minimum Gasteiger partial charge on any atom is -0.337 e. The van der Waals surface area contributed by atoms with Crippen molar-refractivity contribution in [2.45, 2.75) is 70.8 Å². The summed E-state index contributed by atoms with van der Waals surface area (Å²) in [7, 11) is 0. The van der Waals surface area contributed by atoms with Crippen molar-refractivity contribution < 1.29 is 9.32 Å². The molecule has 1 saturated heterocycles. The molecule has 2 aromatic rings. The van der Waals surface area contributed by atoms with Crippen molar-refractivity contribution in [2.75, 3.05) is 6.54 Å². The summed E-state index contributed by atoms with van der Waals surface area (Å²) in [6.45, 7) is 2.85. The molecule has 1 aromatic carbocycles. The summed E-state index contributed by atoms with van der Waals surface area (Å²) < 4.78 is 5.60. The van der Waals surface area contributed by atoms with E-state index in [-0.39, 0.29) is 11.9 Å². The molecule has 1 aliphatic carbocycles. The van der Waals surface area contributed by atoms with Crippen LogP contribution in [0, 0.1) is 12.8 Å². The molecule has 0 unspecified atom stereocenters. The van der Waals surface area contributed by atoms with Gasteiger partial charge in [0.05, 0.1) is 0 Å². The van der Waals surface area contributed by atoms with Crippen LogP contribution in [0.15, 0.2) is 28.8 Å². The predicted molar refractivity (Wildman–Crippen MR) is 104 cm³/mol. The first kappa shape index (κ1) is 18.2. The molecule has 0 bridgehead atoms. The second kappa shape index (κ2) is 8.24. The monoisotopic (exact) mass is 367 g/mol. The molecule has 4 rings (SSSR count). The third-order valence-corrected chi connectivity index (χ3v) is 6.07. The summed E-state index contributed by atoms with van der Waals surface area (Å²) in [5.74, 6) is 2.19. The van der Waals surface area contributed by atoms with Gasteiger partial charge in [0.2, 0.25) is 17.6 Å². The fraction of sp³-hybridized carbons (Fsp3) is 0.591. The zero-order chi connectivity index (χ0) is 18.6. The number of hydrogen-bond donors (Lipinski definition) is 0. The Hall–Kier alpha value is -2.17. The van der Waals surface area contributed by atoms with Crippen LogP contribution in [-0.4, -0.2) is 27.5 Å². The number of nitrogens with zero attached hydrogens (tertiary/aromatic N) is 3. The third kappa shape index (κ3) is 4.23. The lowest BCUT2D eigenvalue weighted by Crippen LogP contribution is -2.38. The van der Waals surface area contributed by atoms with Gasteiger partial charge >= 0.3 is 0 Å². The highest BCUT2D eigenvalue weighted by molar-refractivity contribution is 5.76. The maximum atomic E-state index is 12.9. The van der Waals surface area contributed by atoms with E-state index in [9.17, 15) is 4.79 Å². The van der Waals surface area contributed by atoms with Crippen LogP contribution in [0.1, 0.15) is 75.3 Å². The molecule has 1 amide bonds. The molecule has 0 N–H and O–H groups in total. The fourth-order valence-corrected chi connectivity index (χ4v) is 4.53. The SMILES string of the molecule is Cc1cccc(-c2noc([C@@H]3CCCCN3C(=O)CCC3CCCC3)n2)c1. The lowest BCUT2D eigenvalue weighted by Gasteiger charge is -2.33. The van der Waals surface area contributed by atoms with Gasteiger partial charge in [-0.05, 0) is 44.6 Å². The summed E-state index contributed by atoms with van der Waals surface area (Å²) in [6.07, 6.45) is 9.99. The topological polar surface area (TPSA) is 59.2 Å². The number of benzene rings is 1. The van der Waals surface area contributed by atoms with Gasteiger partial charge in [0.1, 0.15) is 6.04 Å². The average Bonchev–Trinajstić information content (AvgIpc) is 3.38. The second-order valence-corrected chi connectivity index (χ2v) is 8.11. The Kier molecular flexibility index (Phi) is 5.55. The number of carbonyl (C=O) groups excluding carboxylic acids is 1. The normalized spacial score (nSPS) is 20.9. The molecular formula is C22H29N3O2. The predicted octanol–water partition coefficient (Wildman–Crippen LogP) is 5.07. The highest BCUT2D eigenvalue weighted by Gasteiger charge is 2.32. The van der Waals surface area contributed by atoms with Gasteiger partial charge in [0, 0.05) is 18.5 Å². The van der Waals surface area contributed by atoms with Crippen LogP contribution in [0.4, 0.5) is 0 Å². The van der Waals surface area contributed by atoms with Gasteiger partial charge in [-0.15, -0.1) is 0 Å². The van der Waals surface area contributed by atoms with Crippen molar-refractivity contribution in [3.8, 4) is 11.4 Å². The third-order valence-electron chi connectivity index (χ3n) is 6.07. The number of likely N-dealkylation sites (tertiary alicyclic amines) is 1. The largest absolute Gasteiger partial charge is 0.337 e. The summed E-state index contributed by atoms with van der Waals surface area (Å²) in [4.78, 5) is 19.5. The van der Waals surface area contributed by atoms with Crippen molar-refractivity contribution in [3.05, 3.63) is 35.7 Å². The quantitative estimate of drug-likeness (QED) is 0.740. The Labute approximate surface area is 161 Å². The molecule has 1 atom stereocenters. The van der Waals surface area contributed by atoms with E-state index < -0.39 is 0 Å². The minimum atomic E-state index is -0.0686. The van der Waals surface area contributed by atoms with Crippen molar-refractivity contribution >= 4 is 5.91 Å². The first-order valence-corrected chi connectivity index (χ1v) is 10.4. The number of amides is 1. The maximum absolute atomic E-state index is 12.9. The Morgan fingerprint density at radius 2 is 2.00 bits per heavy atom. The molecule has 2 fully saturated rings. The number of rotatable bonds is 5. The number of carbonyl (C=O) groups is 1. The summed E-state index contributed by atoms with van der Waals surface area (Å²) in [6, 6.07) is 8.03. The van der Waals surface area contributed by atoms with Gasteiger partial charge in [-0.3, -0.25) is 4.79 Å². The van der Waals surface area contributed by atoms with Crippen LogP contribution in [0.25, 0.3) is 11.4 Å². The van der Waals surface area contributed by atoms with E-state index in [2.05, 4.69) is 29.2 Å². The van der Waals surface area contributed by atoms with Crippen LogP contribution in [0.3, 0.4) is 0 Å². The van der Waals surface area contributed by atoms with Gasteiger partial charge in [0.25, 0.3) is 0 Å². The van der Waals surface area contributed by atoms with Gasteiger partial charge in [-0.2, -0.15) is 4.98 Å². The average molecular weight is 367 g/mol. The first-order valence-electron chi connectivity index (χ1n) is 10.4. The molecule has 0 radical (unpaired) electrons. The second-order valence-electron chi connectivity index (χ2n) is 8.11. The molecule has 2 heterocycles. The molecule has 1 saturated carbocycles. The molecule has 5 heteroatoms. The Morgan fingerprint density at radius 1 is 1.19 bits per heavy atom. The van der Waals surface area contributed by atoms with E-state index in [1.807, 2.05) is 17.0 Å². The Bertz CT molecular complexity index is 779. The summed E-state index contributed by atoms with van der Waals surface area (Å²) >= 11 is 0. The van der Waals surface area contributed by atoms with Crippen LogP contribution >= 0.6 is 0 Å². The number of aryl methyl sites for hydroxylation is 1. The lowest BCUT2D eigenvalue weighted by atomic mass is 9.98. The van der Waals surface area contributed by atoms with Crippen molar-refractivity contribution in [1.82, 2.24) is 15.0 Å². The van der Waals surface area contributed by atoms with Crippen molar-refractivity contribution in [2.24, 2.45) is 5.92 Å². The van der Waals surface area contributed by atoms with Crippen molar-refractivity contribution in [3.63, 3.8) is 0 Å². The number of piperidine rings is 1. The highest BCUT2D eigenvalue weighted by Crippen LogP contribution is 2.33. The minimum absolute atomic E-state index is 0.0686. The molecule has 2 aliphatic rings. The van der Waals surface area contributed by atoms with E-state index in [1.165, 1.54) is 31.2 Å². The fourth-order valence-electron chi connectivity index (χ4n) is 4.53. The smallest absolute Gasteiger partial charge is 0.249 e. The molecular weight excluding hydrogens is 338 g/mol. The molecule has 144 valence electrons. The van der Waals surface area contributed by atoms with Crippen LogP contribution in [0.2, 0.25) is 0 Å². The van der Waals surface area contributed by atoms with Gasteiger partial charge in [0.15, 0.2) is 0 Å². The zero-order valence-electron chi connectivity index (χ0n) is 16.2. The standard InChI is InChI=1S/C22H29N3O2/c1-16-7-6-10-18(15-16)21-23-22(27-24-21)19-11-4-5-14-25(19)20(26)13-12-17-8-2-3-9-17/h6-7,10,15,17,19H,2-5,8-9,11-14H2,1H3/t19-/m0/s1. The molecule has 5 nitrogen and oxygen atoms in total. The van der Waals surface area contributed by atoms with Crippen LogP contribution in [-0.2, 0) is 4.79 Å². The van der Waals surface area contributed by atoms with E-state index >= 15 is 0 Å². The molecule has 27 heavy (non-hydrogen) atoms. The van der Waals surface area contributed by atoms with Crippen LogP contribution in [0.5, 0.6) is 0 Å². The Balaban J connectivity index is 1.46. The molecule has 0 spiro atoms. The zero-order valence-corrected chi connectivity index (χ0v) is 16.2. The highest BCUT2D eigenvalue weighted by atomic mass is 16.5. The summed E-state index contributed by atoms with van der Waals surface area (Å²) in [5.41, 5.74) is 2.13. The number of aromatic nitrogens is 2. The van der Waals surface area contributed by atoms with E-state index in [4.69, 9.17) is 4.52 Å². The van der Waals surface area contributed by atoms with E-state index in [0.29, 0.717) is 18.1 Å². The van der Waals surface area contributed by atoms with Gasteiger partial charge in [-0.25, -0.2) is 0 Å². The van der Waals surface area contributed by atoms with Gasteiger partial charge in [-0.1, -0.05) is 54.6 Å². The van der Waals surface area contributed by atoms with Crippen molar-refractivity contribution in [1.29, 1.82) is 0 Å². The molecule has 1 aliphatic heterocycles. The van der Waals surface area contributed by atoms with Gasteiger partial charge < -0.3 is 9.42 Å². The van der Waals surface area contributed by atoms with Crippen LogP contribution < -0.4 is 0 Å². The Morgan fingerprint density at radius 3 is 2.81 bits per heavy atom. The summed E-state index contributed by atoms with van der Waals surface area (Å²) in [5, 5.41) is 4.18.